The average molecular weight is 450 g/mol. The molecule has 166 valence electrons. The van der Waals surface area contributed by atoms with Crippen LogP contribution in [0.3, 0.4) is 0 Å². The smallest absolute Gasteiger partial charge is 0.345 e. The van der Waals surface area contributed by atoms with E-state index >= 15 is 0 Å². The molecule has 1 aromatic heterocycles. The van der Waals surface area contributed by atoms with Crippen LogP contribution < -0.4 is 0 Å². The number of guanidine groups is 1. The first-order valence-corrected chi connectivity index (χ1v) is 11.8. The Morgan fingerprint density at radius 2 is 1.78 bits per heavy atom. The lowest BCUT2D eigenvalue weighted by Crippen LogP contribution is -2.44. The van der Waals surface area contributed by atoms with Crippen molar-refractivity contribution in [3.8, 4) is 0 Å². The Kier molecular flexibility index (Phi) is 6.90. The summed E-state index contributed by atoms with van der Waals surface area (Å²) in [7, 11) is 3.94. The van der Waals surface area contributed by atoms with E-state index in [1.807, 2.05) is 92.3 Å². The van der Waals surface area contributed by atoms with Crippen molar-refractivity contribution in [2.24, 2.45) is 4.99 Å². The van der Waals surface area contributed by atoms with E-state index < -0.39 is 0 Å². The first kappa shape index (κ1) is 22.1. The molecule has 7 nitrogen and oxygen atoms in total. The minimum Gasteiger partial charge on any atom is -0.406 e. The Morgan fingerprint density at radius 3 is 2.50 bits per heavy atom. The lowest BCUT2D eigenvalue weighted by atomic mass is 9.96. The quantitative estimate of drug-likeness (QED) is 0.330. The molecule has 1 atom stereocenters. The van der Waals surface area contributed by atoms with Crippen LogP contribution in [0.2, 0.25) is 0 Å². The summed E-state index contributed by atoms with van der Waals surface area (Å²) in [6, 6.07) is 17.1. The van der Waals surface area contributed by atoms with Gasteiger partial charge in [-0.1, -0.05) is 53.6 Å². The van der Waals surface area contributed by atoms with Crippen LogP contribution in [-0.2, 0) is 0 Å². The molecule has 2 heterocycles. The summed E-state index contributed by atoms with van der Waals surface area (Å²) in [5, 5.41) is 8.39. The second kappa shape index (κ2) is 9.99. The molecule has 8 heteroatoms. The van der Waals surface area contributed by atoms with Crippen LogP contribution in [0.1, 0.15) is 40.2 Å². The molecule has 1 unspecified atom stereocenters. The first-order valence-electron chi connectivity index (χ1n) is 10.6. The van der Waals surface area contributed by atoms with Gasteiger partial charge in [0.2, 0.25) is 11.9 Å². The Balaban J connectivity index is 1.55. The molecule has 32 heavy (non-hydrogen) atoms. The van der Waals surface area contributed by atoms with Crippen LogP contribution in [-0.4, -0.2) is 70.4 Å². The fourth-order valence-corrected chi connectivity index (χ4v) is 4.50. The fraction of sp³-hybridized carbons (Fsp3) is 0.333. The van der Waals surface area contributed by atoms with Gasteiger partial charge in [0, 0.05) is 49.8 Å². The molecular formula is C24H27N5O2S. The standard InChI is InChI=1S/C24H27N5O2S/c1-17(19-10-7-11-20(16-19)21(30)18-8-5-4-6-9-18)22-26-27-23(31-22)25-24(28(2)3)29-12-14-32-15-13-29/h4-11,16-17H,12-15H2,1-3H3. The zero-order valence-corrected chi connectivity index (χ0v) is 19.4. The molecule has 4 rings (SSSR count). The van der Waals surface area contributed by atoms with E-state index in [4.69, 9.17) is 4.42 Å². The zero-order chi connectivity index (χ0) is 22.5. The van der Waals surface area contributed by atoms with Crippen molar-refractivity contribution in [3.05, 3.63) is 77.2 Å². The summed E-state index contributed by atoms with van der Waals surface area (Å²) in [6.45, 7) is 3.88. The molecule has 3 aromatic rings. The summed E-state index contributed by atoms with van der Waals surface area (Å²) in [5.74, 6) is 3.28. The summed E-state index contributed by atoms with van der Waals surface area (Å²) in [5.41, 5.74) is 2.24. The van der Waals surface area contributed by atoms with Crippen molar-refractivity contribution in [1.82, 2.24) is 20.0 Å². The van der Waals surface area contributed by atoms with E-state index in [-0.39, 0.29) is 17.7 Å². The van der Waals surface area contributed by atoms with Gasteiger partial charge in [0.15, 0.2) is 5.78 Å². The molecule has 2 aromatic carbocycles. The number of hydrogen-bond donors (Lipinski definition) is 0. The van der Waals surface area contributed by atoms with Crippen molar-refractivity contribution < 1.29 is 9.21 Å². The number of benzene rings is 2. The van der Waals surface area contributed by atoms with Crippen molar-refractivity contribution >= 4 is 29.5 Å². The molecule has 0 radical (unpaired) electrons. The Morgan fingerprint density at radius 1 is 1.06 bits per heavy atom. The number of carbonyl (C=O) groups is 1. The monoisotopic (exact) mass is 449 g/mol. The lowest BCUT2D eigenvalue weighted by Gasteiger charge is -2.32. The van der Waals surface area contributed by atoms with Crippen molar-refractivity contribution in [3.63, 3.8) is 0 Å². The molecule has 0 saturated carbocycles. The van der Waals surface area contributed by atoms with Gasteiger partial charge in [-0.05, 0) is 18.6 Å². The van der Waals surface area contributed by atoms with Crippen LogP contribution in [0.4, 0.5) is 6.01 Å². The number of carbonyl (C=O) groups excluding carboxylic acids is 1. The number of nitrogens with zero attached hydrogens (tertiary/aromatic N) is 5. The van der Waals surface area contributed by atoms with E-state index in [9.17, 15) is 4.79 Å². The van der Waals surface area contributed by atoms with Gasteiger partial charge in [0.05, 0.1) is 5.92 Å². The maximum atomic E-state index is 12.8. The second-order valence-corrected chi connectivity index (χ2v) is 9.10. The van der Waals surface area contributed by atoms with E-state index in [1.54, 1.807) is 0 Å². The van der Waals surface area contributed by atoms with Crippen LogP contribution >= 0.6 is 11.8 Å². The SMILES string of the molecule is CC(c1cccc(C(=O)c2ccccc2)c1)c1nnc(N=C(N(C)C)N2CCSCC2)o1. The Labute approximate surface area is 192 Å². The van der Waals surface area contributed by atoms with Gasteiger partial charge < -0.3 is 14.2 Å². The third-order valence-electron chi connectivity index (χ3n) is 5.37. The molecule has 1 fully saturated rings. The highest BCUT2D eigenvalue weighted by atomic mass is 32.2. The molecule has 0 bridgehead atoms. The summed E-state index contributed by atoms with van der Waals surface area (Å²) < 4.78 is 5.90. The summed E-state index contributed by atoms with van der Waals surface area (Å²) in [6.07, 6.45) is 0. The molecule has 1 aliphatic heterocycles. The predicted molar refractivity (Wildman–Crippen MR) is 128 cm³/mol. The van der Waals surface area contributed by atoms with Crippen molar-refractivity contribution in [2.75, 3.05) is 38.7 Å². The van der Waals surface area contributed by atoms with E-state index in [1.165, 1.54) is 0 Å². The highest BCUT2D eigenvalue weighted by Gasteiger charge is 2.21. The minimum atomic E-state index is -0.163. The number of hydrogen-bond acceptors (Lipinski definition) is 6. The number of aromatic nitrogens is 2. The third-order valence-corrected chi connectivity index (χ3v) is 6.32. The lowest BCUT2D eigenvalue weighted by molar-refractivity contribution is 0.103. The van der Waals surface area contributed by atoms with Gasteiger partial charge in [-0.3, -0.25) is 4.79 Å². The molecular weight excluding hydrogens is 422 g/mol. The highest BCUT2D eigenvalue weighted by molar-refractivity contribution is 7.99. The number of ketones is 1. The molecule has 0 spiro atoms. The number of aliphatic imine (C=N–C) groups is 1. The normalized spacial score (nSPS) is 15.5. The highest BCUT2D eigenvalue weighted by Crippen LogP contribution is 2.26. The van der Waals surface area contributed by atoms with Gasteiger partial charge in [0.1, 0.15) is 0 Å². The second-order valence-electron chi connectivity index (χ2n) is 7.87. The average Bonchev–Trinajstić information content (AvgIpc) is 3.31. The molecule has 1 aliphatic rings. The molecule has 0 N–H and O–H groups in total. The molecule has 1 saturated heterocycles. The topological polar surface area (TPSA) is 74.8 Å². The fourth-order valence-electron chi connectivity index (χ4n) is 3.60. The van der Waals surface area contributed by atoms with Crippen LogP contribution in [0.5, 0.6) is 0 Å². The van der Waals surface area contributed by atoms with Gasteiger partial charge in [-0.2, -0.15) is 16.8 Å². The van der Waals surface area contributed by atoms with Gasteiger partial charge in [0.25, 0.3) is 0 Å². The minimum absolute atomic E-state index is 0.00853. The molecule has 0 aliphatic carbocycles. The van der Waals surface area contributed by atoms with E-state index in [2.05, 4.69) is 20.1 Å². The number of thioether (sulfide) groups is 1. The molecule has 0 amide bonds. The van der Waals surface area contributed by atoms with E-state index in [0.717, 1.165) is 36.1 Å². The number of rotatable bonds is 5. The van der Waals surface area contributed by atoms with Crippen molar-refractivity contribution in [1.29, 1.82) is 0 Å². The largest absolute Gasteiger partial charge is 0.406 e. The third kappa shape index (κ3) is 5.02. The van der Waals surface area contributed by atoms with Gasteiger partial charge >= 0.3 is 6.01 Å². The summed E-state index contributed by atoms with van der Waals surface area (Å²) >= 11 is 1.95. The maximum absolute atomic E-state index is 12.8. The summed E-state index contributed by atoms with van der Waals surface area (Å²) in [4.78, 5) is 21.7. The maximum Gasteiger partial charge on any atom is 0.345 e. The van der Waals surface area contributed by atoms with Gasteiger partial charge in [-0.25, -0.2) is 0 Å². The predicted octanol–water partition coefficient (Wildman–Crippen LogP) is 4.05. The zero-order valence-electron chi connectivity index (χ0n) is 18.6. The van der Waals surface area contributed by atoms with Crippen LogP contribution in [0.15, 0.2) is 64.0 Å². The van der Waals surface area contributed by atoms with E-state index in [0.29, 0.717) is 17.0 Å². The van der Waals surface area contributed by atoms with Crippen LogP contribution in [0.25, 0.3) is 0 Å². The Bertz CT molecular complexity index is 1090. The first-order chi connectivity index (χ1) is 15.5. The van der Waals surface area contributed by atoms with Crippen molar-refractivity contribution in [2.45, 2.75) is 12.8 Å². The van der Waals surface area contributed by atoms with Crippen LogP contribution in [0, 0.1) is 0 Å². The van der Waals surface area contributed by atoms with Gasteiger partial charge in [-0.15, -0.1) is 5.10 Å². The Hall–Kier alpha value is -3.13.